The van der Waals surface area contributed by atoms with Crippen molar-refractivity contribution in [3.05, 3.63) is 71.5 Å². The van der Waals surface area contributed by atoms with Crippen LogP contribution in [0.3, 0.4) is 0 Å². The molecular formula is C25H25N5O5. The zero-order chi connectivity index (χ0) is 24.4. The van der Waals surface area contributed by atoms with Crippen LogP contribution in [0.15, 0.2) is 54.7 Å². The summed E-state index contributed by atoms with van der Waals surface area (Å²) >= 11 is 0. The highest BCUT2D eigenvalue weighted by Gasteiger charge is 2.43. The van der Waals surface area contributed by atoms with E-state index in [4.69, 9.17) is 9.84 Å². The SMILES string of the molecule is O=C(Cn1cc(CNC(=O)OCC2c3ccccc3-c3ccccc32)nn1)NCC1CC1C(=O)O. The molecule has 10 heteroatoms. The van der Waals surface area contributed by atoms with E-state index in [0.717, 1.165) is 22.3 Å². The lowest BCUT2D eigenvalue weighted by atomic mass is 9.98. The Morgan fingerprint density at radius 1 is 1.03 bits per heavy atom. The maximum Gasteiger partial charge on any atom is 0.407 e. The molecule has 3 N–H and O–H groups in total. The summed E-state index contributed by atoms with van der Waals surface area (Å²) in [7, 11) is 0. The predicted octanol–water partition coefficient (Wildman–Crippen LogP) is 2.15. The summed E-state index contributed by atoms with van der Waals surface area (Å²) in [6.07, 6.45) is 1.60. The first-order chi connectivity index (χ1) is 17.0. The number of carbonyl (C=O) groups excluding carboxylic acids is 2. The quantitative estimate of drug-likeness (QED) is 0.431. The smallest absolute Gasteiger partial charge is 0.407 e. The fraction of sp³-hybridized carbons (Fsp3) is 0.320. The molecule has 1 saturated carbocycles. The molecule has 0 spiro atoms. The maximum absolute atomic E-state index is 12.3. The minimum absolute atomic E-state index is 0.0100. The van der Waals surface area contributed by atoms with Crippen LogP contribution in [0.4, 0.5) is 4.79 Å². The third-order valence-electron chi connectivity index (χ3n) is 6.45. The van der Waals surface area contributed by atoms with Crippen LogP contribution >= 0.6 is 0 Å². The molecule has 2 amide bonds. The second-order valence-corrected chi connectivity index (χ2v) is 8.83. The second-order valence-electron chi connectivity index (χ2n) is 8.83. The number of rotatable bonds is 9. The number of alkyl carbamates (subject to hydrolysis) is 1. The van der Waals surface area contributed by atoms with Gasteiger partial charge in [-0.15, -0.1) is 5.10 Å². The van der Waals surface area contributed by atoms with Crippen LogP contribution in [0.1, 0.15) is 29.2 Å². The van der Waals surface area contributed by atoms with E-state index < -0.39 is 12.1 Å². The number of carbonyl (C=O) groups is 3. The van der Waals surface area contributed by atoms with Gasteiger partial charge in [-0.2, -0.15) is 0 Å². The van der Waals surface area contributed by atoms with Crippen LogP contribution in [0.2, 0.25) is 0 Å². The molecule has 180 valence electrons. The highest BCUT2D eigenvalue weighted by Crippen LogP contribution is 2.44. The topological polar surface area (TPSA) is 135 Å². The van der Waals surface area contributed by atoms with E-state index in [1.807, 2.05) is 24.3 Å². The minimum Gasteiger partial charge on any atom is -0.481 e. The molecule has 1 heterocycles. The molecule has 3 aromatic rings. The van der Waals surface area contributed by atoms with Crippen molar-refractivity contribution in [3.63, 3.8) is 0 Å². The molecule has 5 rings (SSSR count). The molecule has 0 bridgehead atoms. The van der Waals surface area contributed by atoms with Crippen molar-refractivity contribution >= 4 is 18.0 Å². The van der Waals surface area contributed by atoms with Crippen molar-refractivity contribution in [1.29, 1.82) is 0 Å². The van der Waals surface area contributed by atoms with E-state index in [-0.39, 0.29) is 43.4 Å². The molecule has 2 atom stereocenters. The number of aliphatic carboxylic acids is 1. The lowest BCUT2D eigenvalue weighted by molar-refractivity contribution is -0.139. The van der Waals surface area contributed by atoms with E-state index in [1.165, 1.54) is 4.68 Å². The lowest BCUT2D eigenvalue weighted by Gasteiger charge is -2.14. The molecule has 1 fully saturated rings. The zero-order valence-electron chi connectivity index (χ0n) is 18.9. The van der Waals surface area contributed by atoms with Crippen LogP contribution in [-0.4, -0.2) is 51.2 Å². The van der Waals surface area contributed by atoms with E-state index in [2.05, 4.69) is 45.2 Å². The lowest BCUT2D eigenvalue weighted by Crippen LogP contribution is -2.30. The Kier molecular flexibility index (Phi) is 6.17. The first-order valence-electron chi connectivity index (χ1n) is 11.5. The average molecular weight is 476 g/mol. The van der Waals surface area contributed by atoms with Crippen molar-refractivity contribution in [2.45, 2.75) is 25.4 Å². The number of hydrogen-bond acceptors (Lipinski definition) is 6. The number of carboxylic acid groups (broad SMARTS) is 1. The number of nitrogens with one attached hydrogen (secondary N) is 2. The first-order valence-corrected chi connectivity index (χ1v) is 11.5. The zero-order valence-corrected chi connectivity index (χ0v) is 18.9. The molecule has 0 saturated heterocycles. The number of ether oxygens (including phenoxy) is 1. The summed E-state index contributed by atoms with van der Waals surface area (Å²) in [6, 6.07) is 16.3. The summed E-state index contributed by atoms with van der Waals surface area (Å²) in [6.45, 7) is 0.625. The number of carboxylic acids is 1. The van der Waals surface area contributed by atoms with Crippen LogP contribution in [0, 0.1) is 11.8 Å². The van der Waals surface area contributed by atoms with Crippen LogP contribution in [0.25, 0.3) is 11.1 Å². The van der Waals surface area contributed by atoms with E-state index >= 15 is 0 Å². The highest BCUT2D eigenvalue weighted by atomic mass is 16.5. The van der Waals surface area contributed by atoms with Crippen LogP contribution < -0.4 is 10.6 Å². The molecule has 2 unspecified atom stereocenters. The monoisotopic (exact) mass is 475 g/mol. The van der Waals surface area contributed by atoms with Gasteiger partial charge in [0, 0.05) is 12.5 Å². The molecule has 1 aromatic heterocycles. The summed E-state index contributed by atoms with van der Waals surface area (Å²) < 4.78 is 6.87. The number of aromatic nitrogens is 3. The van der Waals surface area contributed by atoms with E-state index in [0.29, 0.717) is 18.7 Å². The first kappa shape index (κ1) is 22.6. The Morgan fingerprint density at radius 3 is 2.37 bits per heavy atom. The highest BCUT2D eigenvalue weighted by molar-refractivity contribution is 5.79. The standard InChI is InChI=1S/C25H25N5O5/c31-23(26-10-15-9-21(15)24(32)33)13-30-12-16(28-29-30)11-27-25(34)35-14-22-19-7-3-1-5-17(19)18-6-2-4-8-20(18)22/h1-8,12,15,21-22H,9-11,13-14H2,(H,26,31)(H,27,34)(H,32,33). The number of benzene rings is 2. The van der Waals surface area contributed by atoms with Crippen molar-refractivity contribution in [2.24, 2.45) is 11.8 Å². The summed E-state index contributed by atoms with van der Waals surface area (Å²) in [5.74, 6) is -1.49. The Morgan fingerprint density at radius 2 is 1.71 bits per heavy atom. The van der Waals surface area contributed by atoms with Gasteiger partial charge in [-0.05, 0) is 34.6 Å². The Hall–Kier alpha value is -4.21. The third kappa shape index (κ3) is 5.01. The number of hydrogen-bond donors (Lipinski definition) is 3. The van der Waals surface area contributed by atoms with Crippen molar-refractivity contribution in [2.75, 3.05) is 13.2 Å². The average Bonchev–Trinajstić information content (AvgIpc) is 3.41. The molecular weight excluding hydrogens is 450 g/mol. The van der Waals surface area contributed by atoms with Gasteiger partial charge < -0.3 is 20.5 Å². The molecule has 0 aliphatic heterocycles. The molecule has 35 heavy (non-hydrogen) atoms. The molecule has 2 aliphatic carbocycles. The Bertz CT molecular complexity index is 1230. The molecule has 2 aliphatic rings. The van der Waals surface area contributed by atoms with Gasteiger partial charge in [0.05, 0.1) is 18.7 Å². The van der Waals surface area contributed by atoms with Gasteiger partial charge in [0.25, 0.3) is 0 Å². The summed E-state index contributed by atoms with van der Waals surface area (Å²) in [4.78, 5) is 35.2. The fourth-order valence-electron chi connectivity index (χ4n) is 4.53. The number of amides is 2. The van der Waals surface area contributed by atoms with E-state index in [9.17, 15) is 14.4 Å². The molecule has 10 nitrogen and oxygen atoms in total. The van der Waals surface area contributed by atoms with Gasteiger partial charge in [-0.3, -0.25) is 9.59 Å². The number of fused-ring (bicyclic) bond motifs is 3. The summed E-state index contributed by atoms with van der Waals surface area (Å²) in [5.41, 5.74) is 5.10. The van der Waals surface area contributed by atoms with Gasteiger partial charge in [0.1, 0.15) is 18.8 Å². The normalized spacial score (nSPS) is 17.8. The summed E-state index contributed by atoms with van der Waals surface area (Å²) in [5, 5.41) is 22.2. The van der Waals surface area contributed by atoms with Crippen molar-refractivity contribution in [1.82, 2.24) is 25.6 Å². The predicted molar refractivity (Wildman–Crippen MR) is 124 cm³/mol. The number of nitrogens with zero attached hydrogens (tertiary/aromatic N) is 3. The molecule has 2 aromatic carbocycles. The Labute approximate surface area is 201 Å². The fourth-order valence-corrected chi connectivity index (χ4v) is 4.53. The maximum atomic E-state index is 12.3. The van der Waals surface area contributed by atoms with Crippen LogP contribution in [-0.2, 0) is 27.4 Å². The van der Waals surface area contributed by atoms with E-state index in [1.54, 1.807) is 6.20 Å². The van der Waals surface area contributed by atoms with Gasteiger partial charge in [0.2, 0.25) is 5.91 Å². The van der Waals surface area contributed by atoms with Gasteiger partial charge >= 0.3 is 12.1 Å². The van der Waals surface area contributed by atoms with Crippen molar-refractivity contribution < 1.29 is 24.2 Å². The third-order valence-corrected chi connectivity index (χ3v) is 6.45. The minimum atomic E-state index is -0.825. The molecule has 0 radical (unpaired) electrons. The van der Waals surface area contributed by atoms with Crippen molar-refractivity contribution in [3.8, 4) is 11.1 Å². The Balaban J connectivity index is 1.07. The second kappa shape index (κ2) is 9.57. The van der Waals surface area contributed by atoms with Gasteiger partial charge in [-0.25, -0.2) is 9.48 Å². The van der Waals surface area contributed by atoms with Gasteiger partial charge in [-0.1, -0.05) is 53.7 Å². The van der Waals surface area contributed by atoms with Crippen LogP contribution in [0.5, 0.6) is 0 Å². The largest absolute Gasteiger partial charge is 0.481 e. The van der Waals surface area contributed by atoms with Gasteiger partial charge in [0.15, 0.2) is 0 Å².